The van der Waals surface area contributed by atoms with Crippen molar-refractivity contribution in [1.29, 1.82) is 0 Å². The molecule has 4 rings (SSSR count). The molecule has 1 fully saturated rings. The van der Waals surface area contributed by atoms with Gasteiger partial charge in [0.05, 0.1) is 17.6 Å². The van der Waals surface area contributed by atoms with Gasteiger partial charge in [0.1, 0.15) is 5.75 Å². The van der Waals surface area contributed by atoms with E-state index in [1.165, 1.54) is 23.5 Å². The van der Waals surface area contributed by atoms with Crippen LogP contribution < -0.4 is 10.1 Å². The number of sulfonamides is 1. The number of amides is 1. The largest absolute Gasteiger partial charge is 0.496 e. The Morgan fingerprint density at radius 1 is 0.903 bits per heavy atom. The molecule has 162 valence electrons. The van der Waals surface area contributed by atoms with Crippen molar-refractivity contribution in [2.24, 2.45) is 0 Å². The van der Waals surface area contributed by atoms with Gasteiger partial charge in [0.2, 0.25) is 10.0 Å². The summed E-state index contributed by atoms with van der Waals surface area (Å²) in [6.45, 7) is 1.01. The minimum absolute atomic E-state index is 0.110. The van der Waals surface area contributed by atoms with Gasteiger partial charge in [-0.15, -0.1) is 0 Å². The fourth-order valence-electron chi connectivity index (χ4n) is 3.92. The molecule has 7 heteroatoms. The number of methoxy groups -OCH3 is 1. The van der Waals surface area contributed by atoms with Gasteiger partial charge in [-0.25, -0.2) is 8.42 Å². The van der Waals surface area contributed by atoms with E-state index in [1.807, 2.05) is 42.5 Å². The fourth-order valence-corrected chi connectivity index (χ4v) is 5.47. The number of nitrogens with zero attached hydrogens (tertiary/aromatic N) is 1. The number of ether oxygens (including phenoxy) is 1. The third-order valence-corrected chi connectivity index (χ3v) is 7.52. The first-order valence-electron chi connectivity index (χ1n) is 10.5. The average Bonchev–Trinajstić information content (AvgIpc) is 3.09. The number of nitrogens with one attached hydrogen (secondary N) is 1. The van der Waals surface area contributed by atoms with Gasteiger partial charge in [-0.05, 0) is 53.9 Å². The van der Waals surface area contributed by atoms with E-state index < -0.39 is 15.9 Å². The van der Waals surface area contributed by atoms with Crippen LogP contribution in [-0.2, 0) is 10.0 Å². The molecule has 0 unspecified atom stereocenters. The molecule has 1 amide bonds. The van der Waals surface area contributed by atoms with Crippen molar-refractivity contribution in [2.75, 3.05) is 25.5 Å². The Labute approximate surface area is 182 Å². The van der Waals surface area contributed by atoms with Crippen molar-refractivity contribution < 1.29 is 17.9 Å². The highest BCUT2D eigenvalue weighted by Crippen LogP contribution is 2.27. The summed E-state index contributed by atoms with van der Waals surface area (Å²) in [5, 5.41) is 4.94. The average molecular weight is 439 g/mol. The lowest BCUT2D eigenvalue weighted by molar-refractivity contribution is 0.102. The molecule has 1 N–H and O–H groups in total. The third-order valence-electron chi connectivity index (χ3n) is 5.63. The topological polar surface area (TPSA) is 75.7 Å². The Morgan fingerprint density at radius 2 is 1.61 bits per heavy atom. The van der Waals surface area contributed by atoms with Crippen LogP contribution in [0.3, 0.4) is 0 Å². The summed E-state index contributed by atoms with van der Waals surface area (Å²) in [6, 6.07) is 18.0. The first-order chi connectivity index (χ1) is 15.0. The lowest BCUT2D eigenvalue weighted by Gasteiger charge is -2.20. The maximum Gasteiger partial charge on any atom is 0.259 e. The van der Waals surface area contributed by atoms with Gasteiger partial charge in [0, 0.05) is 18.8 Å². The molecule has 1 heterocycles. The van der Waals surface area contributed by atoms with E-state index in [0.717, 1.165) is 36.5 Å². The molecule has 1 aliphatic rings. The van der Waals surface area contributed by atoms with E-state index in [2.05, 4.69) is 5.32 Å². The molecule has 3 aromatic rings. The molecule has 0 bridgehead atoms. The van der Waals surface area contributed by atoms with Crippen LogP contribution >= 0.6 is 0 Å². The van der Waals surface area contributed by atoms with Crippen LogP contribution in [0.4, 0.5) is 5.69 Å². The first kappa shape index (κ1) is 21.3. The van der Waals surface area contributed by atoms with Crippen molar-refractivity contribution in [1.82, 2.24) is 4.31 Å². The molecule has 1 aliphatic heterocycles. The molecule has 6 nitrogen and oxygen atoms in total. The lowest BCUT2D eigenvalue weighted by Crippen LogP contribution is -2.32. The van der Waals surface area contributed by atoms with Crippen LogP contribution in [0.15, 0.2) is 65.6 Å². The predicted octanol–water partition coefficient (Wildman–Crippen LogP) is 4.67. The highest BCUT2D eigenvalue weighted by molar-refractivity contribution is 7.89. The minimum atomic E-state index is -3.67. The molecule has 31 heavy (non-hydrogen) atoms. The van der Waals surface area contributed by atoms with Crippen LogP contribution in [0.5, 0.6) is 5.75 Å². The van der Waals surface area contributed by atoms with Crippen molar-refractivity contribution in [3.63, 3.8) is 0 Å². The number of rotatable bonds is 5. The molecule has 1 saturated heterocycles. The number of hydrogen-bond donors (Lipinski definition) is 1. The molecule has 0 atom stereocenters. The quantitative estimate of drug-likeness (QED) is 0.628. The monoisotopic (exact) mass is 438 g/mol. The highest BCUT2D eigenvalue weighted by atomic mass is 32.2. The second kappa shape index (κ2) is 9.08. The fraction of sp³-hybridized carbons (Fsp3) is 0.292. The van der Waals surface area contributed by atoms with Crippen LogP contribution in [0.25, 0.3) is 10.8 Å². The van der Waals surface area contributed by atoms with Crippen LogP contribution in [0, 0.1) is 0 Å². The Morgan fingerprint density at radius 3 is 2.32 bits per heavy atom. The molecule has 0 radical (unpaired) electrons. The van der Waals surface area contributed by atoms with Gasteiger partial charge in [-0.3, -0.25) is 4.79 Å². The zero-order valence-corrected chi connectivity index (χ0v) is 18.3. The van der Waals surface area contributed by atoms with Gasteiger partial charge in [0.15, 0.2) is 0 Å². The predicted molar refractivity (Wildman–Crippen MR) is 122 cm³/mol. The van der Waals surface area contributed by atoms with Crippen molar-refractivity contribution in [3.8, 4) is 5.75 Å². The summed E-state index contributed by atoms with van der Waals surface area (Å²) in [4.78, 5) is 13.2. The normalized spacial score (nSPS) is 15.4. The SMILES string of the molecule is COc1ccc(S(=O)(=O)N2CCCCCC2)cc1C(=O)Nc1ccc2ccccc2c1. The van der Waals surface area contributed by atoms with Crippen LogP contribution in [-0.4, -0.2) is 38.8 Å². The van der Waals surface area contributed by atoms with E-state index in [-0.39, 0.29) is 10.5 Å². The number of carbonyl (C=O) groups excluding carboxylic acids is 1. The molecular formula is C24H26N2O4S. The Balaban J connectivity index is 1.64. The van der Waals surface area contributed by atoms with Crippen molar-refractivity contribution in [3.05, 3.63) is 66.2 Å². The second-order valence-corrected chi connectivity index (χ2v) is 9.63. The molecular weight excluding hydrogens is 412 g/mol. The molecule has 3 aromatic carbocycles. The van der Waals surface area contributed by atoms with E-state index in [1.54, 1.807) is 6.07 Å². The number of benzene rings is 3. The van der Waals surface area contributed by atoms with Crippen LogP contribution in [0.1, 0.15) is 36.0 Å². The summed E-state index contributed by atoms with van der Waals surface area (Å²) in [7, 11) is -2.21. The van der Waals surface area contributed by atoms with Gasteiger partial charge in [-0.1, -0.05) is 43.2 Å². The third kappa shape index (κ3) is 4.57. The summed E-state index contributed by atoms with van der Waals surface area (Å²) in [5.41, 5.74) is 0.818. The molecule has 0 aliphatic carbocycles. The number of hydrogen-bond acceptors (Lipinski definition) is 4. The summed E-state index contributed by atoms with van der Waals surface area (Å²) >= 11 is 0. The van der Waals surface area contributed by atoms with Gasteiger partial charge in [-0.2, -0.15) is 4.31 Å². The van der Waals surface area contributed by atoms with Crippen molar-refractivity contribution in [2.45, 2.75) is 30.6 Å². The van der Waals surface area contributed by atoms with Crippen molar-refractivity contribution >= 4 is 32.4 Å². The maximum absolute atomic E-state index is 13.2. The van der Waals surface area contributed by atoms with Crippen LogP contribution in [0.2, 0.25) is 0 Å². The Bertz CT molecular complexity index is 1200. The Kier molecular flexibility index (Phi) is 6.25. The molecule has 0 aromatic heterocycles. The van der Waals surface area contributed by atoms with E-state index in [4.69, 9.17) is 4.74 Å². The number of fused-ring (bicyclic) bond motifs is 1. The second-order valence-electron chi connectivity index (χ2n) is 7.70. The molecule has 0 spiro atoms. The zero-order chi connectivity index (χ0) is 21.8. The van der Waals surface area contributed by atoms with Gasteiger partial charge < -0.3 is 10.1 Å². The highest BCUT2D eigenvalue weighted by Gasteiger charge is 2.27. The molecule has 0 saturated carbocycles. The maximum atomic E-state index is 13.2. The Hall–Kier alpha value is -2.90. The first-order valence-corrected chi connectivity index (χ1v) is 11.9. The van der Waals surface area contributed by atoms with E-state index in [9.17, 15) is 13.2 Å². The zero-order valence-electron chi connectivity index (χ0n) is 17.5. The standard InChI is InChI=1S/C24H26N2O4S/c1-30-23-13-12-21(31(28,29)26-14-6-2-3-7-15-26)17-22(23)24(27)25-20-11-10-18-8-4-5-9-19(18)16-20/h4-5,8-13,16-17H,2-3,6-7,14-15H2,1H3,(H,25,27). The lowest BCUT2D eigenvalue weighted by atomic mass is 10.1. The van der Waals surface area contributed by atoms with Gasteiger partial charge in [0.25, 0.3) is 5.91 Å². The van der Waals surface area contributed by atoms with Gasteiger partial charge >= 0.3 is 0 Å². The minimum Gasteiger partial charge on any atom is -0.496 e. The number of carbonyl (C=O) groups is 1. The van der Waals surface area contributed by atoms with E-state index >= 15 is 0 Å². The smallest absolute Gasteiger partial charge is 0.259 e. The van der Waals surface area contributed by atoms with E-state index in [0.29, 0.717) is 24.5 Å². The number of anilines is 1. The summed E-state index contributed by atoms with van der Waals surface area (Å²) in [6.07, 6.45) is 3.78. The summed E-state index contributed by atoms with van der Waals surface area (Å²) < 4.78 is 33.2. The summed E-state index contributed by atoms with van der Waals surface area (Å²) in [5.74, 6) is -0.0897.